The molecule has 0 aliphatic carbocycles. The molecule has 0 unspecified atom stereocenters. The van der Waals surface area contributed by atoms with E-state index in [1.165, 1.54) is 6.92 Å². The predicted molar refractivity (Wildman–Crippen MR) is 158 cm³/mol. The molecule has 0 spiro atoms. The molecular formula is C31H48N4O4. The first-order chi connectivity index (χ1) is 17.9. The molecule has 0 fully saturated rings. The first-order valence-corrected chi connectivity index (χ1v) is 13.7. The molecule has 0 aliphatic rings. The van der Waals surface area contributed by atoms with Crippen LogP contribution >= 0.6 is 0 Å². The van der Waals surface area contributed by atoms with E-state index in [4.69, 9.17) is 0 Å². The molecule has 0 aliphatic heterocycles. The molecule has 3 atom stereocenters. The number of nitrogens with one attached hydrogen (secondary N) is 3. The van der Waals surface area contributed by atoms with E-state index < -0.39 is 34.9 Å². The summed E-state index contributed by atoms with van der Waals surface area (Å²) < 4.78 is 2.22. The van der Waals surface area contributed by atoms with Gasteiger partial charge in [0.2, 0.25) is 11.8 Å². The minimum Gasteiger partial charge on any atom is -0.478 e. The van der Waals surface area contributed by atoms with Crippen molar-refractivity contribution in [1.82, 2.24) is 20.5 Å². The number of hydrogen-bond donors (Lipinski definition) is 4. The molecule has 39 heavy (non-hydrogen) atoms. The van der Waals surface area contributed by atoms with Crippen molar-refractivity contribution < 1.29 is 19.5 Å². The molecule has 2 aromatic rings. The predicted octanol–water partition coefficient (Wildman–Crippen LogP) is 4.79. The first-order valence-electron chi connectivity index (χ1n) is 13.7. The maximum absolute atomic E-state index is 13.9. The molecule has 1 aromatic carbocycles. The number of fused-ring (bicyclic) bond motifs is 1. The van der Waals surface area contributed by atoms with Crippen LogP contribution in [0.2, 0.25) is 0 Å². The normalized spacial score (nSPS) is 15.4. The summed E-state index contributed by atoms with van der Waals surface area (Å²) in [4.78, 5) is 38.8. The minimum atomic E-state index is -1.03. The number of likely N-dealkylation sites (N-methyl/N-ethyl adjacent to an activating group) is 1. The fourth-order valence-electron chi connectivity index (χ4n) is 5.01. The highest BCUT2D eigenvalue weighted by Crippen LogP contribution is 2.36. The lowest BCUT2D eigenvalue weighted by Gasteiger charge is -2.37. The second-order valence-corrected chi connectivity index (χ2v) is 12.7. The van der Waals surface area contributed by atoms with Gasteiger partial charge in [0, 0.05) is 34.1 Å². The molecule has 216 valence electrons. The summed E-state index contributed by atoms with van der Waals surface area (Å²) in [5.74, 6) is -1.71. The SMILES string of the molecule is CN[C@H](C(=O)N[C@H](C(=O)N[C@H](/C=C(\C)C(=O)O)C(C)C)C(C)(C)C)C(C)(C)c1cn(C(C)C)c2ccccc12. The topological polar surface area (TPSA) is 112 Å². The third-order valence-corrected chi connectivity index (χ3v) is 7.47. The lowest BCUT2D eigenvalue weighted by molar-refractivity contribution is -0.133. The quantitative estimate of drug-likeness (QED) is 0.306. The highest BCUT2D eigenvalue weighted by molar-refractivity contribution is 5.93. The van der Waals surface area contributed by atoms with Crippen molar-refractivity contribution in [3.05, 3.63) is 47.7 Å². The molecule has 1 aromatic heterocycles. The number of hydrogen-bond acceptors (Lipinski definition) is 4. The molecular weight excluding hydrogens is 492 g/mol. The van der Waals surface area contributed by atoms with Gasteiger partial charge in [-0.15, -0.1) is 0 Å². The Balaban J connectivity index is 2.42. The monoisotopic (exact) mass is 540 g/mol. The van der Waals surface area contributed by atoms with Crippen LogP contribution in [0.15, 0.2) is 42.1 Å². The van der Waals surface area contributed by atoms with Crippen molar-refractivity contribution in [3.8, 4) is 0 Å². The number of aromatic nitrogens is 1. The standard InChI is InChI=1S/C31H48N4O4/c1-18(2)23(16-20(5)29(38)39)33-27(36)25(30(6,7)8)34-28(37)26(32-11)31(9,10)22-17-35(19(3)4)24-15-13-12-14-21(22)24/h12-19,23,25-26,32H,1-11H3,(H,33,36)(H,34,37)(H,38,39)/b20-16+/t23-,25-,26-/m1/s1. The Morgan fingerprint density at radius 3 is 1.97 bits per heavy atom. The highest BCUT2D eigenvalue weighted by atomic mass is 16.4. The van der Waals surface area contributed by atoms with E-state index in [1.54, 1.807) is 13.1 Å². The van der Waals surface area contributed by atoms with Crippen LogP contribution in [-0.2, 0) is 19.8 Å². The van der Waals surface area contributed by atoms with Crippen LogP contribution in [0.25, 0.3) is 10.9 Å². The number of carbonyl (C=O) groups is 3. The number of rotatable bonds is 11. The van der Waals surface area contributed by atoms with E-state index in [1.807, 2.05) is 60.6 Å². The maximum Gasteiger partial charge on any atom is 0.331 e. The van der Waals surface area contributed by atoms with E-state index in [0.717, 1.165) is 16.5 Å². The van der Waals surface area contributed by atoms with E-state index in [9.17, 15) is 19.5 Å². The van der Waals surface area contributed by atoms with Crippen molar-refractivity contribution in [2.24, 2.45) is 11.3 Å². The number of para-hydroxylation sites is 1. The number of carboxylic acids is 1. The number of aliphatic carboxylic acids is 1. The summed E-state index contributed by atoms with van der Waals surface area (Å²) in [6.07, 6.45) is 3.68. The van der Waals surface area contributed by atoms with Gasteiger partial charge in [-0.05, 0) is 50.8 Å². The Morgan fingerprint density at radius 2 is 1.49 bits per heavy atom. The fourth-order valence-corrected chi connectivity index (χ4v) is 5.01. The molecule has 2 amide bonds. The number of carbonyl (C=O) groups excluding carboxylic acids is 2. The maximum atomic E-state index is 13.9. The smallest absolute Gasteiger partial charge is 0.331 e. The summed E-state index contributed by atoms with van der Waals surface area (Å²) in [6.45, 7) is 19.4. The van der Waals surface area contributed by atoms with Gasteiger partial charge in [-0.1, -0.05) is 72.7 Å². The second kappa shape index (κ2) is 12.4. The molecule has 0 radical (unpaired) electrons. The van der Waals surface area contributed by atoms with E-state index in [-0.39, 0.29) is 29.3 Å². The minimum absolute atomic E-state index is 0.0400. The van der Waals surface area contributed by atoms with Crippen LogP contribution in [0, 0.1) is 11.3 Å². The zero-order valence-electron chi connectivity index (χ0n) is 25.5. The van der Waals surface area contributed by atoms with Crippen LogP contribution in [0.4, 0.5) is 0 Å². The molecule has 2 rings (SSSR count). The van der Waals surface area contributed by atoms with Gasteiger partial charge in [0.1, 0.15) is 6.04 Å². The number of benzene rings is 1. The van der Waals surface area contributed by atoms with Crippen LogP contribution in [0.5, 0.6) is 0 Å². The summed E-state index contributed by atoms with van der Waals surface area (Å²) in [6, 6.07) is 6.49. The lowest BCUT2D eigenvalue weighted by atomic mass is 9.76. The van der Waals surface area contributed by atoms with Crippen molar-refractivity contribution in [1.29, 1.82) is 0 Å². The number of nitrogens with zero attached hydrogens (tertiary/aromatic N) is 1. The van der Waals surface area contributed by atoms with Crippen LogP contribution in [-0.4, -0.2) is 52.6 Å². The lowest BCUT2D eigenvalue weighted by Crippen LogP contribution is -2.61. The summed E-state index contributed by atoms with van der Waals surface area (Å²) in [5, 5.41) is 19.6. The van der Waals surface area contributed by atoms with Gasteiger partial charge in [0.25, 0.3) is 0 Å². The van der Waals surface area contributed by atoms with Gasteiger partial charge >= 0.3 is 5.97 Å². The van der Waals surface area contributed by atoms with Crippen molar-refractivity contribution in [2.75, 3.05) is 7.05 Å². The number of carboxylic acid groups (broad SMARTS) is 1. The molecule has 0 bridgehead atoms. The van der Waals surface area contributed by atoms with Crippen LogP contribution in [0.1, 0.15) is 80.8 Å². The Morgan fingerprint density at radius 1 is 0.923 bits per heavy atom. The Bertz CT molecular complexity index is 1220. The Kier molecular flexibility index (Phi) is 10.2. The van der Waals surface area contributed by atoms with Crippen LogP contribution in [0.3, 0.4) is 0 Å². The van der Waals surface area contributed by atoms with Crippen molar-refractivity contribution >= 4 is 28.7 Å². The van der Waals surface area contributed by atoms with E-state index in [2.05, 4.69) is 52.7 Å². The van der Waals surface area contributed by atoms with Crippen LogP contribution < -0.4 is 16.0 Å². The third-order valence-electron chi connectivity index (χ3n) is 7.47. The molecule has 0 saturated heterocycles. The van der Waals surface area contributed by atoms with Gasteiger partial charge in [-0.2, -0.15) is 0 Å². The molecule has 4 N–H and O–H groups in total. The molecule has 0 saturated carbocycles. The van der Waals surface area contributed by atoms with Gasteiger partial charge in [0.05, 0.1) is 12.1 Å². The zero-order valence-corrected chi connectivity index (χ0v) is 25.5. The zero-order chi connectivity index (χ0) is 29.9. The van der Waals surface area contributed by atoms with E-state index in [0.29, 0.717) is 0 Å². The largest absolute Gasteiger partial charge is 0.478 e. The van der Waals surface area contributed by atoms with Crippen molar-refractivity contribution in [3.63, 3.8) is 0 Å². The summed E-state index contributed by atoms with van der Waals surface area (Å²) in [7, 11) is 1.76. The molecule has 1 heterocycles. The van der Waals surface area contributed by atoms with Gasteiger partial charge in [-0.25, -0.2) is 4.79 Å². The van der Waals surface area contributed by atoms with Gasteiger partial charge < -0.3 is 25.6 Å². The highest BCUT2D eigenvalue weighted by Gasteiger charge is 2.41. The fraction of sp³-hybridized carbons (Fsp3) is 0.581. The third kappa shape index (κ3) is 7.29. The average molecular weight is 541 g/mol. The van der Waals surface area contributed by atoms with Gasteiger partial charge in [-0.3, -0.25) is 9.59 Å². The Hall–Kier alpha value is -3.13. The number of amides is 2. The average Bonchev–Trinajstić information content (AvgIpc) is 3.22. The van der Waals surface area contributed by atoms with Gasteiger partial charge in [0.15, 0.2) is 0 Å². The molecule has 8 nitrogen and oxygen atoms in total. The Labute approximate surface area is 233 Å². The van der Waals surface area contributed by atoms with Crippen molar-refractivity contribution in [2.45, 2.75) is 98.8 Å². The van der Waals surface area contributed by atoms with E-state index >= 15 is 0 Å². The first kappa shape index (κ1) is 32.1. The summed E-state index contributed by atoms with van der Waals surface area (Å²) >= 11 is 0. The summed E-state index contributed by atoms with van der Waals surface area (Å²) in [5.41, 5.74) is 1.11. The molecule has 8 heteroatoms. The second-order valence-electron chi connectivity index (χ2n) is 12.7.